The number of unbranched alkanes of at least 4 members (excludes halogenated alkanes) is 5. The van der Waals surface area contributed by atoms with E-state index in [1.807, 2.05) is 6.08 Å². The minimum Gasteiger partial charge on any atom is -0.389 e. The molecule has 0 unspecified atom stereocenters. The predicted octanol–water partition coefficient (Wildman–Crippen LogP) is 7.60. The average molecular weight is 547 g/mol. The molecule has 5 nitrogen and oxygen atoms in total. The molecule has 5 heteroatoms. The predicted molar refractivity (Wildman–Crippen MR) is 162 cm³/mol. The number of hydrogen-bond donors (Lipinski definition) is 1. The number of Topliss-reactive ketones (excluding diaryl/α,β-unsaturated/α-hetero) is 1. The molecule has 0 spiro atoms. The zero-order chi connectivity index (χ0) is 28.1. The van der Waals surface area contributed by atoms with E-state index in [0.29, 0.717) is 24.5 Å². The van der Waals surface area contributed by atoms with E-state index < -0.39 is 0 Å². The number of aromatic nitrogens is 1. The normalized spacial score (nSPS) is 23.3. The number of nitrogens with zero attached hydrogens (tertiary/aromatic N) is 2. The van der Waals surface area contributed by atoms with Gasteiger partial charge in [0, 0.05) is 48.4 Å². The van der Waals surface area contributed by atoms with Crippen LogP contribution >= 0.6 is 0 Å². The summed E-state index contributed by atoms with van der Waals surface area (Å²) in [5, 5.41) is 11.6. The van der Waals surface area contributed by atoms with Crippen molar-refractivity contribution in [2.45, 2.75) is 129 Å². The Balaban J connectivity index is 1.06. The maximum atomic E-state index is 13.4. The second kappa shape index (κ2) is 13.5. The van der Waals surface area contributed by atoms with Gasteiger partial charge >= 0.3 is 0 Å². The van der Waals surface area contributed by atoms with E-state index >= 15 is 0 Å². The molecule has 0 radical (unpaired) electrons. The van der Waals surface area contributed by atoms with Crippen molar-refractivity contribution >= 4 is 22.6 Å². The molecule has 4 atom stereocenters. The number of ketones is 1. The number of rotatable bonds is 13. The molecule has 0 bridgehead atoms. The van der Waals surface area contributed by atoms with E-state index in [1.165, 1.54) is 27.7 Å². The third kappa shape index (κ3) is 6.40. The van der Waals surface area contributed by atoms with Gasteiger partial charge < -0.3 is 14.6 Å². The van der Waals surface area contributed by atoms with Crippen LogP contribution < -0.4 is 0 Å². The molecule has 2 aliphatic carbocycles. The van der Waals surface area contributed by atoms with Crippen LogP contribution in [0.25, 0.3) is 10.9 Å². The molecule has 2 heterocycles. The van der Waals surface area contributed by atoms with Crippen molar-refractivity contribution < 1.29 is 14.7 Å². The molecule has 1 fully saturated rings. The first-order valence-corrected chi connectivity index (χ1v) is 16.3. The highest BCUT2D eigenvalue weighted by Crippen LogP contribution is 2.43. The molecule has 2 aromatic rings. The van der Waals surface area contributed by atoms with E-state index in [2.05, 4.69) is 47.6 Å². The van der Waals surface area contributed by atoms with Crippen molar-refractivity contribution in [3.63, 3.8) is 0 Å². The highest BCUT2D eigenvalue weighted by molar-refractivity contribution is 5.88. The monoisotopic (exact) mass is 546 g/mol. The van der Waals surface area contributed by atoms with Crippen molar-refractivity contribution in [1.29, 1.82) is 0 Å². The average Bonchev–Trinajstić information content (AvgIpc) is 3.47. The van der Waals surface area contributed by atoms with E-state index in [1.54, 1.807) is 0 Å². The number of aryl methyl sites for hydroxylation is 2. The SMILES string of the molecule is CCCCC[C@H](O)C=C[C@@H]1CCC(=O)[C@@H]1CCCCCCC(=O)N1CCn2c3c(c4cc(C)ccc42)CCC[C@@H]31. The summed E-state index contributed by atoms with van der Waals surface area (Å²) < 4.78 is 2.50. The molecule has 1 aliphatic heterocycles. The van der Waals surface area contributed by atoms with Crippen molar-refractivity contribution in [2.24, 2.45) is 11.8 Å². The fourth-order valence-electron chi connectivity index (χ4n) is 7.66. The van der Waals surface area contributed by atoms with Crippen LogP contribution in [0.3, 0.4) is 0 Å². The van der Waals surface area contributed by atoms with Gasteiger partial charge in [0.15, 0.2) is 0 Å². The number of amides is 1. The second-order valence-electron chi connectivity index (χ2n) is 12.7. The first kappa shape index (κ1) is 29.1. The Labute approximate surface area is 241 Å². The summed E-state index contributed by atoms with van der Waals surface area (Å²) in [5.41, 5.74) is 5.54. The fraction of sp³-hybridized carbons (Fsp3) is 0.657. The summed E-state index contributed by atoms with van der Waals surface area (Å²) in [4.78, 5) is 28.1. The number of aliphatic hydroxyl groups excluding tert-OH is 1. The maximum absolute atomic E-state index is 13.4. The Kier molecular flexibility index (Phi) is 9.83. The van der Waals surface area contributed by atoms with Gasteiger partial charge in [-0.1, -0.05) is 69.2 Å². The number of hydrogen-bond acceptors (Lipinski definition) is 3. The smallest absolute Gasteiger partial charge is 0.223 e. The lowest BCUT2D eigenvalue weighted by Gasteiger charge is -2.40. The molecular formula is C35H50N2O3. The minimum absolute atomic E-state index is 0.116. The lowest BCUT2D eigenvalue weighted by molar-refractivity contribution is -0.135. The number of aliphatic hydroxyl groups is 1. The van der Waals surface area contributed by atoms with Gasteiger partial charge in [-0.2, -0.15) is 0 Å². The van der Waals surface area contributed by atoms with Crippen molar-refractivity contribution in [2.75, 3.05) is 6.54 Å². The number of carbonyl (C=O) groups excluding carboxylic acids is 2. The van der Waals surface area contributed by atoms with E-state index in [-0.39, 0.29) is 24.0 Å². The van der Waals surface area contributed by atoms with Crippen LogP contribution in [-0.4, -0.2) is 38.9 Å². The van der Waals surface area contributed by atoms with Gasteiger partial charge in [-0.15, -0.1) is 0 Å². The Morgan fingerprint density at radius 2 is 1.93 bits per heavy atom. The molecule has 1 aromatic heterocycles. The van der Waals surface area contributed by atoms with Crippen LogP contribution in [0, 0.1) is 18.8 Å². The fourth-order valence-corrected chi connectivity index (χ4v) is 7.66. The molecule has 218 valence electrons. The van der Waals surface area contributed by atoms with Gasteiger partial charge in [-0.3, -0.25) is 9.59 Å². The van der Waals surface area contributed by atoms with Crippen LogP contribution in [0.15, 0.2) is 30.4 Å². The minimum atomic E-state index is -0.381. The van der Waals surface area contributed by atoms with Crippen molar-refractivity contribution in [1.82, 2.24) is 9.47 Å². The Hall–Kier alpha value is -2.40. The summed E-state index contributed by atoms with van der Waals surface area (Å²) >= 11 is 0. The first-order chi connectivity index (χ1) is 19.5. The van der Waals surface area contributed by atoms with Gasteiger partial charge in [-0.25, -0.2) is 0 Å². The quantitative estimate of drug-likeness (QED) is 0.208. The number of benzene rings is 1. The van der Waals surface area contributed by atoms with Crippen LogP contribution in [0.5, 0.6) is 0 Å². The molecule has 0 saturated heterocycles. The summed E-state index contributed by atoms with van der Waals surface area (Å²) in [6.45, 7) is 6.06. The summed E-state index contributed by atoms with van der Waals surface area (Å²) in [7, 11) is 0. The van der Waals surface area contributed by atoms with Crippen LogP contribution in [0.1, 0.15) is 120 Å². The maximum Gasteiger partial charge on any atom is 0.223 e. The summed E-state index contributed by atoms with van der Waals surface area (Å²) in [6, 6.07) is 7.05. The van der Waals surface area contributed by atoms with Crippen molar-refractivity contribution in [3.05, 3.63) is 47.2 Å². The molecular weight excluding hydrogens is 496 g/mol. The molecule has 1 aromatic carbocycles. The Morgan fingerprint density at radius 3 is 2.77 bits per heavy atom. The van der Waals surface area contributed by atoms with Crippen LogP contribution in [0.4, 0.5) is 0 Å². The lowest BCUT2D eigenvalue weighted by atomic mass is 9.89. The van der Waals surface area contributed by atoms with Gasteiger partial charge in [0.25, 0.3) is 0 Å². The lowest BCUT2D eigenvalue weighted by Crippen LogP contribution is -2.43. The largest absolute Gasteiger partial charge is 0.389 e. The highest BCUT2D eigenvalue weighted by Gasteiger charge is 2.37. The topological polar surface area (TPSA) is 62.5 Å². The van der Waals surface area contributed by atoms with E-state index in [4.69, 9.17) is 0 Å². The molecule has 40 heavy (non-hydrogen) atoms. The molecule has 1 N–H and O–H groups in total. The Bertz CT molecular complexity index is 1210. The standard InChI is InChI=1S/C35H50N2O3/c1-3-4-7-11-27(38)19-17-26-18-21-33(39)28(26)12-8-5-6-9-15-34(40)36-22-23-37-31-20-16-25(2)24-30(31)29-13-10-14-32(36)35(29)37/h16-17,19-20,24,26-28,32,38H,3-15,18,21-23H2,1-2H3/t26-,27+,28-,32+/m1/s1. The number of carbonyl (C=O) groups is 2. The first-order valence-electron chi connectivity index (χ1n) is 16.3. The highest BCUT2D eigenvalue weighted by atomic mass is 16.3. The molecule has 1 amide bonds. The van der Waals surface area contributed by atoms with Crippen LogP contribution in [0.2, 0.25) is 0 Å². The zero-order valence-corrected chi connectivity index (χ0v) is 24.9. The summed E-state index contributed by atoms with van der Waals surface area (Å²) in [6.07, 6.45) is 18.5. The molecule has 5 rings (SSSR count). The van der Waals surface area contributed by atoms with Crippen molar-refractivity contribution in [3.8, 4) is 0 Å². The van der Waals surface area contributed by atoms with E-state index in [0.717, 1.165) is 96.6 Å². The van der Waals surface area contributed by atoms with E-state index in [9.17, 15) is 14.7 Å². The summed E-state index contributed by atoms with van der Waals surface area (Å²) in [5.74, 6) is 1.12. The van der Waals surface area contributed by atoms with Gasteiger partial charge in [-0.05, 0) is 75.5 Å². The third-order valence-electron chi connectivity index (χ3n) is 9.84. The zero-order valence-electron chi connectivity index (χ0n) is 24.9. The van der Waals surface area contributed by atoms with Gasteiger partial charge in [0.05, 0.1) is 12.1 Å². The van der Waals surface area contributed by atoms with Gasteiger partial charge in [0.2, 0.25) is 5.91 Å². The molecule has 1 saturated carbocycles. The Morgan fingerprint density at radius 1 is 1.07 bits per heavy atom. The molecule has 3 aliphatic rings. The number of allylic oxidation sites excluding steroid dienone is 1. The second-order valence-corrected chi connectivity index (χ2v) is 12.7. The van der Waals surface area contributed by atoms with Gasteiger partial charge in [0.1, 0.15) is 5.78 Å². The van der Waals surface area contributed by atoms with Crippen LogP contribution in [-0.2, 0) is 22.6 Å². The third-order valence-corrected chi connectivity index (χ3v) is 9.84. The number of fused-ring (bicyclic) bond motifs is 3.